The van der Waals surface area contributed by atoms with E-state index in [1.165, 1.54) is 28.8 Å². The van der Waals surface area contributed by atoms with Gasteiger partial charge in [-0.3, -0.25) is 13.9 Å². The smallest absolute Gasteiger partial charge is 0.264 e. The average Bonchev–Trinajstić information content (AvgIpc) is 2.99. The highest BCUT2D eigenvalue weighted by Gasteiger charge is 2.34. The summed E-state index contributed by atoms with van der Waals surface area (Å²) in [4.78, 5) is 29.7. The van der Waals surface area contributed by atoms with Gasteiger partial charge in [0.25, 0.3) is 10.0 Å². The number of ether oxygens (including phenoxy) is 1. The normalized spacial score (nSPS) is 12.7. The summed E-state index contributed by atoms with van der Waals surface area (Å²) < 4.78 is 35.1. The number of nitrogens with zero attached hydrogens (tertiary/aromatic N) is 2. The van der Waals surface area contributed by atoms with Crippen LogP contribution in [0.2, 0.25) is 10.0 Å². The number of nitrogens with one attached hydrogen (secondary N) is 1. The number of benzene rings is 3. The van der Waals surface area contributed by atoms with Crippen LogP contribution in [0, 0.1) is 0 Å². The minimum atomic E-state index is -4.25. The molecule has 0 fully saturated rings. The van der Waals surface area contributed by atoms with Gasteiger partial charge in [0, 0.05) is 27.5 Å². The van der Waals surface area contributed by atoms with Crippen molar-refractivity contribution in [1.29, 1.82) is 0 Å². The second-order valence-electron chi connectivity index (χ2n) is 9.84. The van der Waals surface area contributed by atoms with Crippen molar-refractivity contribution in [2.24, 2.45) is 0 Å². The predicted molar refractivity (Wildman–Crippen MR) is 175 cm³/mol. The van der Waals surface area contributed by atoms with Gasteiger partial charge < -0.3 is 15.0 Å². The zero-order valence-corrected chi connectivity index (χ0v) is 28.0. The molecule has 0 aliphatic rings. The average molecular weight is 667 g/mol. The van der Waals surface area contributed by atoms with Crippen molar-refractivity contribution in [3.63, 3.8) is 0 Å². The molecule has 3 rings (SSSR count). The molecule has 0 unspecified atom stereocenters. The second-order valence-corrected chi connectivity index (χ2v) is 13.4. The first kappa shape index (κ1) is 34.6. The fraction of sp³-hybridized carbons (Fsp3) is 0.355. The molecule has 0 heterocycles. The summed E-state index contributed by atoms with van der Waals surface area (Å²) in [7, 11) is -4.25. The standard InChI is InChI=1S/C31H37Cl2N3O5S2/c1-6-21(3)34-31(38)22(4)35(19-23-12-13-24(32)18-27(23)33)30(37)20-36(28-10-8-9-11-29(28)41-7-2)43(39,40)26-16-14-25(42-5)15-17-26/h8-18,21-22H,6-7,19-20H2,1-5H3,(H,34,38)/t21-,22-/m0/s1. The number of halogens is 2. The van der Waals surface area contributed by atoms with Crippen LogP contribution in [0.3, 0.4) is 0 Å². The van der Waals surface area contributed by atoms with E-state index in [-0.39, 0.29) is 35.7 Å². The molecule has 0 aromatic heterocycles. The Labute approximate surface area is 268 Å². The molecule has 0 saturated carbocycles. The molecular formula is C31H37Cl2N3O5S2. The number of amides is 2. The van der Waals surface area contributed by atoms with Crippen molar-refractivity contribution >= 4 is 62.5 Å². The zero-order chi connectivity index (χ0) is 31.7. The highest BCUT2D eigenvalue weighted by atomic mass is 35.5. The van der Waals surface area contributed by atoms with Crippen molar-refractivity contribution in [2.75, 3.05) is 23.7 Å². The Morgan fingerprint density at radius 1 is 1.00 bits per heavy atom. The lowest BCUT2D eigenvalue weighted by Crippen LogP contribution is -2.52. The van der Waals surface area contributed by atoms with E-state index in [0.717, 1.165) is 9.20 Å². The lowest BCUT2D eigenvalue weighted by Gasteiger charge is -2.33. The third kappa shape index (κ3) is 8.81. The first-order valence-corrected chi connectivity index (χ1v) is 17.3. The van der Waals surface area contributed by atoms with E-state index in [4.69, 9.17) is 27.9 Å². The topological polar surface area (TPSA) is 96.0 Å². The van der Waals surface area contributed by atoms with Gasteiger partial charge in [0.05, 0.1) is 17.2 Å². The summed E-state index contributed by atoms with van der Waals surface area (Å²) in [5.74, 6) is -0.671. The van der Waals surface area contributed by atoms with Crippen molar-refractivity contribution in [2.45, 2.75) is 62.5 Å². The Bertz CT molecular complexity index is 1520. The van der Waals surface area contributed by atoms with Crippen LogP contribution in [-0.4, -0.2) is 56.6 Å². The number of sulfonamides is 1. The summed E-state index contributed by atoms with van der Waals surface area (Å²) in [5.41, 5.74) is 0.757. The summed E-state index contributed by atoms with van der Waals surface area (Å²) in [6.07, 6.45) is 2.60. The van der Waals surface area contributed by atoms with Gasteiger partial charge in [0.1, 0.15) is 18.3 Å². The number of anilines is 1. The minimum absolute atomic E-state index is 0.0132. The monoisotopic (exact) mass is 665 g/mol. The van der Waals surface area contributed by atoms with Crippen molar-refractivity contribution in [3.05, 3.63) is 82.3 Å². The Kier molecular flexibility index (Phi) is 12.6. The van der Waals surface area contributed by atoms with Crippen LogP contribution < -0.4 is 14.4 Å². The third-order valence-electron chi connectivity index (χ3n) is 6.88. The number of carbonyl (C=O) groups excluding carboxylic acids is 2. The van der Waals surface area contributed by atoms with E-state index >= 15 is 0 Å². The van der Waals surface area contributed by atoms with Gasteiger partial charge in [0.15, 0.2) is 0 Å². The summed E-state index contributed by atoms with van der Waals surface area (Å²) in [6, 6.07) is 16.9. The quantitative estimate of drug-likeness (QED) is 0.194. The number of hydrogen-bond acceptors (Lipinski definition) is 6. The number of carbonyl (C=O) groups is 2. The van der Waals surface area contributed by atoms with E-state index < -0.39 is 28.5 Å². The fourth-order valence-corrected chi connectivity index (χ4v) is 6.51. The molecule has 0 spiro atoms. The molecule has 12 heteroatoms. The van der Waals surface area contributed by atoms with Crippen LogP contribution in [0.15, 0.2) is 76.5 Å². The highest BCUT2D eigenvalue weighted by Crippen LogP contribution is 2.33. The van der Waals surface area contributed by atoms with E-state index in [2.05, 4.69) is 5.32 Å². The van der Waals surface area contributed by atoms with Gasteiger partial charge in [0.2, 0.25) is 11.8 Å². The van der Waals surface area contributed by atoms with Crippen LogP contribution in [0.4, 0.5) is 5.69 Å². The lowest BCUT2D eigenvalue weighted by atomic mass is 10.1. The van der Waals surface area contributed by atoms with Gasteiger partial charge >= 0.3 is 0 Å². The van der Waals surface area contributed by atoms with Crippen LogP contribution >= 0.6 is 35.0 Å². The molecule has 1 N–H and O–H groups in total. The second kappa shape index (κ2) is 15.7. The highest BCUT2D eigenvalue weighted by molar-refractivity contribution is 7.98. The van der Waals surface area contributed by atoms with E-state index in [1.807, 2.05) is 20.1 Å². The largest absolute Gasteiger partial charge is 0.492 e. The molecule has 0 aliphatic carbocycles. The van der Waals surface area contributed by atoms with Crippen LogP contribution in [0.1, 0.15) is 39.7 Å². The number of rotatable bonds is 14. The molecule has 2 amide bonds. The maximum absolute atomic E-state index is 14.2. The minimum Gasteiger partial charge on any atom is -0.492 e. The van der Waals surface area contributed by atoms with Crippen LogP contribution in [-0.2, 0) is 26.2 Å². The molecule has 8 nitrogen and oxygen atoms in total. The molecule has 0 saturated heterocycles. The van der Waals surface area contributed by atoms with Crippen LogP contribution in [0.25, 0.3) is 0 Å². The molecule has 2 atom stereocenters. The van der Waals surface area contributed by atoms with E-state index in [0.29, 0.717) is 27.8 Å². The Hall–Kier alpha value is -2.92. The molecular weight excluding hydrogens is 629 g/mol. The Balaban J connectivity index is 2.10. The van der Waals surface area contributed by atoms with Gasteiger partial charge in [-0.2, -0.15) is 0 Å². The summed E-state index contributed by atoms with van der Waals surface area (Å²) >= 11 is 14.0. The van der Waals surface area contributed by atoms with Gasteiger partial charge in [-0.1, -0.05) is 48.3 Å². The van der Waals surface area contributed by atoms with Crippen molar-refractivity contribution in [3.8, 4) is 5.75 Å². The van der Waals surface area contributed by atoms with E-state index in [1.54, 1.807) is 68.4 Å². The maximum atomic E-state index is 14.2. The number of thioether (sulfide) groups is 1. The number of hydrogen-bond donors (Lipinski definition) is 1. The predicted octanol–water partition coefficient (Wildman–Crippen LogP) is 6.64. The summed E-state index contributed by atoms with van der Waals surface area (Å²) in [6.45, 7) is 6.85. The molecule has 3 aromatic carbocycles. The van der Waals surface area contributed by atoms with Crippen molar-refractivity contribution < 1.29 is 22.7 Å². The SMILES string of the molecule is CCOc1ccccc1N(CC(=O)N(Cc1ccc(Cl)cc1Cl)[C@@H](C)C(=O)N[C@@H](C)CC)S(=O)(=O)c1ccc(SC)cc1. The third-order valence-corrected chi connectivity index (χ3v) is 9.99. The Morgan fingerprint density at radius 3 is 2.28 bits per heavy atom. The molecule has 0 radical (unpaired) electrons. The lowest BCUT2D eigenvalue weighted by molar-refractivity contribution is -0.139. The number of para-hydroxylation sites is 2. The van der Waals surface area contributed by atoms with Crippen molar-refractivity contribution in [1.82, 2.24) is 10.2 Å². The molecule has 0 aliphatic heterocycles. The first-order chi connectivity index (χ1) is 20.4. The van der Waals surface area contributed by atoms with Gasteiger partial charge in [-0.05, 0) is 87.5 Å². The van der Waals surface area contributed by atoms with E-state index in [9.17, 15) is 18.0 Å². The molecule has 43 heavy (non-hydrogen) atoms. The Morgan fingerprint density at radius 2 is 1.67 bits per heavy atom. The molecule has 232 valence electrons. The zero-order valence-electron chi connectivity index (χ0n) is 24.8. The molecule has 3 aromatic rings. The molecule has 0 bridgehead atoms. The van der Waals surface area contributed by atoms with Crippen LogP contribution in [0.5, 0.6) is 5.75 Å². The van der Waals surface area contributed by atoms with Gasteiger partial charge in [-0.15, -0.1) is 11.8 Å². The van der Waals surface area contributed by atoms with Gasteiger partial charge in [-0.25, -0.2) is 8.42 Å². The first-order valence-electron chi connectivity index (χ1n) is 13.8. The summed E-state index contributed by atoms with van der Waals surface area (Å²) in [5, 5.41) is 3.65. The maximum Gasteiger partial charge on any atom is 0.264 e. The fourth-order valence-electron chi connectivity index (χ4n) is 4.21.